The largest absolute Gasteiger partial charge is 0.508 e. The molecule has 0 atom stereocenters. The van der Waals surface area contributed by atoms with Crippen molar-refractivity contribution in [2.75, 3.05) is 19.6 Å². The second-order valence-corrected chi connectivity index (χ2v) is 18.8. The van der Waals surface area contributed by atoms with Crippen LogP contribution in [0.2, 0.25) is 0 Å². The molecule has 0 saturated carbocycles. The molecular formula is C66H54F2N2O4S2. The summed E-state index contributed by atoms with van der Waals surface area (Å²) in [5.74, 6) is 2.29. The summed E-state index contributed by atoms with van der Waals surface area (Å²) >= 11 is 3.30. The predicted molar refractivity (Wildman–Crippen MR) is 311 cm³/mol. The summed E-state index contributed by atoms with van der Waals surface area (Å²) in [6, 6.07) is 75.1. The summed E-state index contributed by atoms with van der Waals surface area (Å²) in [4.78, 5) is 12.1. The van der Waals surface area contributed by atoms with Crippen LogP contribution >= 0.6 is 23.5 Å². The van der Waals surface area contributed by atoms with Crippen molar-refractivity contribution in [1.29, 1.82) is 0 Å². The number of ether oxygens (including phenoxy) is 2. The third-order valence-electron chi connectivity index (χ3n) is 11.9. The summed E-state index contributed by atoms with van der Waals surface area (Å²) in [6.45, 7) is 2.10. The first-order chi connectivity index (χ1) is 37.0. The SMILES string of the molecule is COc1ccc(C(=Nc2ccccc2SC)c2ccc(Oc3ccc(-c4ccc(C)cc4)cc3)cc2)cc1.CSc1ccccc1N=C(c1ccc(F)cc1)c1ccc(F)cc1.Oc1ccc(-c2ccc(O)cc2)cc1. The number of methoxy groups -OCH3 is 1. The van der Waals surface area contributed by atoms with E-state index in [1.807, 2.05) is 122 Å². The molecule has 2 N–H and O–H groups in total. The molecule has 0 aliphatic heterocycles. The van der Waals surface area contributed by atoms with Gasteiger partial charge in [-0.05, 0) is 199 Å². The van der Waals surface area contributed by atoms with Crippen LogP contribution in [-0.4, -0.2) is 41.3 Å². The van der Waals surface area contributed by atoms with Gasteiger partial charge in [-0.1, -0.05) is 90.5 Å². The summed E-state index contributed by atoms with van der Waals surface area (Å²) < 4.78 is 38.0. The van der Waals surface area contributed by atoms with Crippen molar-refractivity contribution < 1.29 is 28.5 Å². The minimum atomic E-state index is -0.304. The number of aromatic hydroxyl groups is 2. The molecule has 10 heteroatoms. The quantitative estimate of drug-likeness (QED) is 0.0884. The minimum Gasteiger partial charge on any atom is -0.508 e. The van der Waals surface area contributed by atoms with Crippen molar-refractivity contribution in [3.05, 3.63) is 282 Å². The highest BCUT2D eigenvalue weighted by Crippen LogP contribution is 2.33. The zero-order chi connectivity index (χ0) is 53.2. The van der Waals surface area contributed by atoms with Crippen LogP contribution in [0.15, 0.2) is 262 Å². The van der Waals surface area contributed by atoms with E-state index in [9.17, 15) is 8.78 Å². The fourth-order valence-electron chi connectivity index (χ4n) is 7.83. The lowest BCUT2D eigenvalue weighted by Crippen LogP contribution is -2.03. The summed E-state index contributed by atoms with van der Waals surface area (Å²) in [6.07, 6.45) is 4.06. The molecule has 378 valence electrons. The number of rotatable bonds is 13. The van der Waals surface area contributed by atoms with E-state index in [0.29, 0.717) is 5.71 Å². The van der Waals surface area contributed by atoms with Gasteiger partial charge in [0.15, 0.2) is 0 Å². The molecule has 0 heterocycles. The van der Waals surface area contributed by atoms with Crippen LogP contribution in [0.1, 0.15) is 27.8 Å². The van der Waals surface area contributed by atoms with Crippen LogP contribution in [0.25, 0.3) is 22.3 Å². The van der Waals surface area contributed by atoms with Crippen molar-refractivity contribution >= 4 is 46.3 Å². The van der Waals surface area contributed by atoms with Crippen LogP contribution in [0, 0.1) is 18.6 Å². The van der Waals surface area contributed by atoms with Gasteiger partial charge in [0.1, 0.15) is 40.4 Å². The Hall–Kier alpha value is -8.70. The first-order valence-electron chi connectivity index (χ1n) is 24.2. The van der Waals surface area contributed by atoms with Gasteiger partial charge >= 0.3 is 0 Å². The van der Waals surface area contributed by atoms with Crippen molar-refractivity contribution in [3.63, 3.8) is 0 Å². The number of para-hydroxylation sites is 2. The van der Waals surface area contributed by atoms with Crippen LogP contribution in [0.4, 0.5) is 20.2 Å². The summed E-state index contributed by atoms with van der Waals surface area (Å²) in [5.41, 5.74) is 12.6. The Labute approximate surface area is 451 Å². The molecule has 0 aliphatic rings. The van der Waals surface area contributed by atoms with E-state index in [2.05, 4.69) is 67.8 Å². The molecule has 10 rings (SSSR count). The predicted octanol–water partition coefficient (Wildman–Crippen LogP) is 18.0. The van der Waals surface area contributed by atoms with E-state index in [1.54, 1.807) is 79.2 Å². The van der Waals surface area contributed by atoms with E-state index < -0.39 is 0 Å². The summed E-state index contributed by atoms with van der Waals surface area (Å²) in [5, 5.41) is 18.2. The molecule has 0 spiro atoms. The zero-order valence-electron chi connectivity index (χ0n) is 42.3. The topological polar surface area (TPSA) is 83.6 Å². The van der Waals surface area contributed by atoms with Crippen molar-refractivity contribution in [3.8, 4) is 51.0 Å². The number of thioether (sulfide) groups is 2. The maximum Gasteiger partial charge on any atom is 0.127 e. The lowest BCUT2D eigenvalue weighted by molar-refractivity contribution is 0.415. The van der Waals surface area contributed by atoms with E-state index in [1.165, 1.54) is 41.0 Å². The monoisotopic (exact) mass is 1040 g/mol. The molecular weight excluding hydrogens is 987 g/mol. The maximum absolute atomic E-state index is 13.3. The van der Waals surface area contributed by atoms with Gasteiger partial charge in [-0.3, -0.25) is 0 Å². The third-order valence-corrected chi connectivity index (χ3v) is 13.5. The third kappa shape index (κ3) is 14.7. The molecule has 0 fully saturated rings. The van der Waals surface area contributed by atoms with Gasteiger partial charge in [0, 0.05) is 32.0 Å². The van der Waals surface area contributed by atoms with E-state index in [0.717, 1.165) is 77.5 Å². The van der Waals surface area contributed by atoms with Gasteiger partial charge in [0.25, 0.3) is 0 Å². The van der Waals surface area contributed by atoms with Crippen LogP contribution in [-0.2, 0) is 0 Å². The van der Waals surface area contributed by atoms with Gasteiger partial charge < -0.3 is 19.7 Å². The van der Waals surface area contributed by atoms with Gasteiger partial charge in [-0.25, -0.2) is 18.8 Å². The Morgan fingerprint density at radius 2 is 0.684 bits per heavy atom. The first-order valence-corrected chi connectivity index (χ1v) is 26.6. The molecule has 0 bridgehead atoms. The highest BCUT2D eigenvalue weighted by Gasteiger charge is 2.13. The van der Waals surface area contributed by atoms with Crippen LogP contribution in [0.5, 0.6) is 28.7 Å². The van der Waals surface area contributed by atoms with E-state index in [-0.39, 0.29) is 23.1 Å². The molecule has 0 radical (unpaired) electrons. The molecule has 0 saturated heterocycles. The van der Waals surface area contributed by atoms with Crippen molar-refractivity contribution in [2.24, 2.45) is 9.98 Å². The fourth-order valence-corrected chi connectivity index (χ4v) is 8.90. The Bertz CT molecular complexity index is 3410. The fraction of sp³-hybridized carbons (Fsp3) is 0.0606. The number of hydrogen-bond acceptors (Lipinski definition) is 8. The van der Waals surface area contributed by atoms with Gasteiger partial charge in [0.05, 0.1) is 29.9 Å². The number of phenols is 2. The molecule has 0 amide bonds. The molecule has 0 unspecified atom stereocenters. The summed E-state index contributed by atoms with van der Waals surface area (Å²) in [7, 11) is 1.67. The van der Waals surface area contributed by atoms with E-state index >= 15 is 0 Å². The Kier molecular flexibility index (Phi) is 18.7. The van der Waals surface area contributed by atoms with Crippen molar-refractivity contribution in [2.45, 2.75) is 16.7 Å². The average Bonchev–Trinajstić information content (AvgIpc) is 3.46. The molecule has 76 heavy (non-hydrogen) atoms. The molecule has 10 aromatic carbocycles. The Morgan fingerprint density at radius 1 is 0.382 bits per heavy atom. The number of aliphatic imine (C=N–C) groups is 2. The Balaban J connectivity index is 0.000000170. The van der Waals surface area contributed by atoms with Gasteiger partial charge in [-0.15, -0.1) is 23.5 Å². The van der Waals surface area contributed by atoms with Crippen molar-refractivity contribution in [1.82, 2.24) is 0 Å². The maximum atomic E-state index is 13.3. The average molecular weight is 1040 g/mol. The number of phenolic OH excluding ortho intramolecular Hbond substituents is 2. The second kappa shape index (κ2) is 26.5. The van der Waals surface area contributed by atoms with Crippen LogP contribution < -0.4 is 9.47 Å². The number of nitrogens with zero attached hydrogens (tertiary/aromatic N) is 2. The second-order valence-electron chi connectivity index (χ2n) is 17.1. The smallest absolute Gasteiger partial charge is 0.127 e. The Morgan fingerprint density at radius 3 is 1.04 bits per heavy atom. The lowest BCUT2D eigenvalue weighted by atomic mass is 10.0. The van der Waals surface area contributed by atoms with Gasteiger partial charge in [-0.2, -0.15) is 0 Å². The molecule has 10 aromatic rings. The number of benzene rings is 10. The standard InChI is InChI=1S/C34H29NO2S.C20H15F2NS.C12H10O2/c1-24-8-10-25(11-9-24)26-12-20-30(21-13-26)37-31-22-16-28(17-23-31)34(27-14-18-29(36-2)19-15-27)35-32-6-4-5-7-33(32)38-3;1-24-19-5-3-2-4-18(19)23-20(14-6-10-16(21)11-7-14)15-8-12-17(22)13-9-15;13-11-5-1-9(2-6-11)10-3-7-12(14)8-4-10/h4-23H,1-3H3;2-13H,1H3;1-8,13-14H. The number of aryl methyl sites for hydroxylation is 1. The normalized spacial score (nSPS) is 10.8. The number of halogens is 2. The lowest BCUT2D eigenvalue weighted by Gasteiger charge is -2.12. The molecule has 0 aromatic heterocycles. The minimum absolute atomic E-state index is 0.257. The van der Waals surface area contributed by atoms with Crippen LogP contribution in [0.3, 0.4) is 0 Å². The molecule has 6 nitrogen and oxygen atoms in total. The highest BCUT2D eigenvalue weighted by molar-refractivity contribution is 7.99. The van der Waals surface area contributed by atoms with E-state index in [4.69, 9.17) is 29.7 Å². The highest BCUT2D eigenvalue weighted by atomic mass is 32.2. The first kappa shape index (κ1) is 53.6. The molecule has 0 aliphatic carbocycles. The van der Waals surface area contributed by atoms with Gasteiger partial charge in [0.2, 0.25) is 0 Å². The number of hydrogen-bond donors (Lipinski definition) is 2. The zero-order valence-corrected chi connectivity index (χ0v) is 43.9.